The van der Waals surface area contributed by atoms with E-state index in [-0.39, 0.29) is 5.97 Å². The van der Waals surface area contributed by atoms with E-state index in [0.717, 1.165) is 25.8 Å². The van der Waals surface area contributed by atoms with E-state index in [1.807, 2.05) is 18.0 Å². The molecular weight excluding hydrogens is 214 g/mol. The molecule has 0 saturated heterocycles. The maximum Gasteiger partial charge on any atom is 0.319 e. The Bertz CT molecular complexity index is 324. The highest BCUT2D eigenvalue weighted by Crippen LogP contribution is 2.04. The highest BCUT2D eigenvalue weighted by Gasteiger charge is 2.05. The van der Waals surface area contributed by atoms with Crippen LogP contribution in [0.25, 0.3) is 0 Å². The molecule has 0 atom stereocenters. The number of rotatable bonds is 7. The van der Waals surface area contributed by atoms with Crippen molar-refractivity contribution in [3.05, 3.63) is 35.9 Å². The number of carbonyl (C=O) groups is 1. The summed E-state index contributed by atoms with van der Waals surface area (Å²) in [7, 11) is 3.37. The second kappa shape index (κ2) is 7.85. The van der Waals surface area contributed by atoms with E-state index < -0.39 is 0 Å². The second-order valence-corrected chi connectivity index (χ2v) is 4.26. The smallest absolute Gasteiger partial charge is 0.319 e. The van der Waals surface area contributed by atoms with Crippen molar-refractivity contribution in [3.8, 4) is 0 Å². The zero-order valence-electron chi connectivity index (χ0n) is 10.7. The van der Waals surface area contributed by atoms with Gasteiger partial charge < -0.3 is 4.74 Å². The zero-order chi connectivity index (χ0) is 12.5. The summed E-state index contributed by atoms with van der Waals surface area (Å²) >= 11 is 0. The number of esters is 1. The summed E-state index contributed by atoms with van der Waals surface area (Å²) in [5.74, 6) is -0.171. The van der Waals surface area contributed by atoms with Crippen LogP contribution >= 0.6 is 0 Å². The molecule has 0 bridgehead atoms. The molecule has 0 spiro atoms. The maximum absolute atomic E-state index is 11.0. The number of nitrogens with zero attached hydrogens (tertiary/aromatic N) is 1. The maximum atomic E-state index is 11.0. The molecule has 94 valence electrons. The van der Waals surface area contributed by atoms with E-state index in [4.69, 9.17) is 0 Å². The molecule has 3 nitrogen and oxygen atoms in total. The Morgan fingerprint density at radius 1 is 1.24 bits per heavy atom. The third-order valence-corrected chi connectivity index (χ3v) is 2.72. The van der Waals surface area contributed by atoms with Crippen molar-refractivity contribution in [2.45, 2.75) is 19.3 Å². The monoisotopic (exact) mass is 235 g/mol. The Hall–Kier alpha value is -1.35. The van der Waals surface area contributed by atoms with E-state index in [0.29, 0.717) is 6.54 Å². The van der Waals surface area contributed by atoms with Crippen LogP contribution in [0.3, 0.4) is 0 Å². The number of aryl methyl sites for hydroxylation is 1. The first-order chi connectivity index (χ1) is 8.22. The lowest BCUT2D eigenvalue weighted by atomic mass is 10.1. The van der Waals surface area contributed by atoms with Gasteiger partial charge in [-0.1, -0.05) is 30.3 Å². The minimum absolute atomic E-state index is 0.171. The largest absolute Gasteiger partial charge is 0.468 e. The predicted octanol–water partition coefficient (Wildman–Crippen LogP) is 2.11. The molecule has 0 N–H and O–H groups in total. The standard InChI is InChI=1S/C14H21NO2/c1-15(12-14(16)17-2)11-7-6-10-13-8-4-3-5-9-13/h3-5,8-9H,6-7,10-12H2,1-2H3. The Morgan fingerprint density at radius 2 is 1.94 bits per heavy atom. The summed E-state index contributed by atoms with van der Waals surface area (Å²) in [5, 5.41) is 0. The van der Waals surface area contributed by atoms with Gasteiger partial charge in [0.15, 0.2) is 0 Å². The van der Waals surface area contributed by atoms with Crippen molar-refractivity contribution in [1.82, 2.24) is 4.90 Å². The Balaban J connectivity index is 2.10. The number of hydrogen-bond donors (Lipinski definition) is 0. The number of hydrogen-bond acceptors (Lipinski definition) is 3. The van der Waals surface area contributed by atoms with Crippen LogP contribution in [0.15, 0.2) is 30.3 Å². The average molecular weight is 235 g/mol. The van der Waals surface area contributed by atoms with Crippen LogP contribution < -0.4 is 0 Å². The molecule has 3 heteroatoms. The lowest BCUT2D eigenvalue weighted by Crippen LogP contribution is -2.27. The third kappa shape index (κ3) is 6.07. The van der Waals surface area contributed by atoms with Crippen molar-refractivity contribution in [3.63, 3.8) is 0 Å². The third-order valence-electron chi connectivity index (χ3n) is 2.72. The zero-order valence-corrected chi connectivity index (χ0v) is 10.7. The molecule has 17 heavy (non-hydrogen) atoms. The fraction of sp³-hybridized carbons (Fsp3) is 0.500. The SMILES string of the molecule is COC(=O)CN(C)CCCCc1ccccc1. The Labute approximate surface area is 103 Å². The lowest BCUT2D eigenvalue weighted by Gasteiger charge is -2.14. The van der Waals surface area contributed by atoms with Crippen molar-refractivity contribution >= 4 is 5.97 Å². The van der Waals surface area contributed by atoms with Gasteiger partial charge >= 0.3 is 5.97 Å². The van der Waals surface area contributed by atoms with Crippen LogP contribution in [-0.4, -0.2) is 38.1 Å². The quantitative estimate of drug-likeness (QED) is 0.535. The molecule has 0 aliphatic rings. The first-order valence-corrected chi connectivity index (χ1v) is 6.01. The van der Waals surface area contributed by atoms with Crippen LogP contribution in [0, 0.1) is 0 Å². The molecule has 0 fully saturated rings. The summed E-state index contributed by atoms with van der Waals surface area (Å²) in [4.78, 5) is 13.0. The summed E-state index contributed by atoms with van der Waals surface area (Å²) < 4.78 is 4.62. The Morgan fingerprint density at radius 3 is 2.59 bits per heavy atom. The van der Waals surface area contributed by atoms with Gasteiger partial charge in [-0.25, -0.2) is 0 Å². The molecule has 1 rings (SSSR count). The number of ether oxygens (including phenoxy) is 1. The van der Waals surface area contributed by atoms with Crippen LogP contribution in [0.4, 0.5) is 0 Å². The predicted molar refractivity (Wildman–Crippen MR) is 68.9 cm³/mol. The summed E-state index contributed by atoms with van der Waals surface area (Å²) in [6, 6.07) is 10.5. The highest BCUT2D eigenvalue weighted by atomic mass is 16.5. The van der Waals surface area contributed by atoms with E-state index in [9.17, 15) is 4.79 Å². The van der Waals surface area contributed by atoms with Gasteiger partial charge in [-0.15, -0.1) is 0 Å². The fourth-order valence-corrected chi connectivity index (χ4v) is 1.72. The molecule has 0 heterocycles. The van der Waals surface area contributed by atoms with Gasteiger partial charge in [0.2, 0.25) is 0 Å². The average Bonchev–Trinajstić information content (AvgIpc) is 2.36. The van der Waals surface area contributed by atoms with Gasteiger partial charge in [0, 0.05) is 0 Å². The number of likely N-dealkylation sites (N-methyl/N-ethyl adjacent to an activating group) is 1. The van der Waals surface area contributed by atoms with E-state index >= 15 is 0 Å². The van der Waals surface area contributed by atoms with Crippen molar-refractivity contribution in [2.75, 3.05) is 27.2 Å². The molecule has 0 saturated carbocycles. The molecule has 0 aliphatic heterocycles. The first kappa shape index (κ1) is 13.7. The topological polar surface area (TPSA) is 29.5 Å². The summed E-state index contributed by atoms with van der Waals surface area (Å²) in [6.45, 7) is 1.31. The van der Waals surface area contributed by atoms with Gasteiger partial charge in [-0.3, -0.25) is 9.69 Å². The van der Waals surface area contributed by atoms with Gasteiger partial charge in [0.05, 0.1) is 13.7 Å². The minimum Gasteiger partial charge on any atom is -0.468 e. The molecule has 1 aromatic carbocycles. The first-order valence-electron chi connectivity index (χ1n) is 6.01. The molecular formula is C14H21NO2. The Kier molecular flexibility index (Phi) is 6.33. The number of benzene rings is 1. The minimum atomic E-state index is -0.171. The number of methoxy groups -OCH3 is 1. The normalized spacial score (nSPS) is 10.5. The number of unbranched alkanes of at least 4 members (excludes halogenated alkanes) is 1. The van der Waals surface area contributed by atoms with E-state index in [1.54, 1.807) is 0 Å². The second-order valence-electron chi connectivity index (χ2n) is 4.26. The van der Waals surface area contributed by atoms with Gasteiger partial charge in [-0.05, 0) is 38.4 Å². The van der Waals surface area contributed by atoms with Crippen LogP contribution in [-0.2, 0) is 16.0 Å². The van der Waals surface area contributed by atoms with Crippen LogP contribution in [0.2, 0.25) is 0 Å². The van der Waals surface area contributed by atoms with Gasteiger partial charge in [0.1, 0.15) is 0 Å². The van der Waals surface area contributed by atoms with Gasteiger partial charge in [-0.2, -0.15) is 0 Å². The molecule has 0 aliphatic carbocycles. The summed E-state index contributed by atoms with van der Waals surface area (Å²) in [6.07, 6.45) is 3.35. The van der Waals surface area contributed by atoms with Crippen molar-refractivity contribution < 1.29 is 9.53 Å². The molecule has 0 amide bonds. The fourth-order valence-electron chi connectivity index (χ4n) is 1.72. The van der Waals surface area contributed by atoms with Crippen LogP contribution in [0.5, 0.6) is 0 Å². The number of carbonyl (C=O) groups excluding carboxylic acids is 1. The van der Waals surface area contributed by atoms with E-state index in [2.05, 4.69) is 29.0 Å². The molecule has 0 unspecified atom stereocenters. The highest BCUT2D eigenvalue weighted by molar-refractivity contribution is 5.71. The van der Waals surface area contributed by atoms with Crippen LogP contribution in [0.1, 0.15) is 18.4 Å². The summed E-state index contributed by atoms with van der Waals surface area (Å²) in [5.41, 5.74) is 1.38. The molecule has 0 radical (unpaired) electrons. The van der Waals surface area contributed by atoms with Crippen molar-refractivity contribution in [1.29, 1.82) is 0 Å². The lowest BCUT2D eigenvalue weighted by molar-refractivity contribution is -0.141. The molecule has 0 aromatic heterocycles. The molecule has 1 aromatic rings. The van der Waals surface area contributed by atoms with E-state index in [1.165, 1.54) is 12.7 Å². The van der Waals surface area contributed by atoms with Gasteiger partial charge in [0.25, 0.3) is 0 Å². The van der Waals surface area contributed by atoms with Crippen molar-refractivity contribution in [2.24, 2.45) is 0 Å².